The molecule has 0 fully saturated rings. The number of hydrogen-bond acceptors (Lipinski definition) is 6. The molecule has 7 nitrogen and oxygen atoms in total. The van der Waals surface area contributed by atoms with E-state index in [1.54, 1.807) is 6.92 Å². The van der Waals surface area contributed by atoms with Gasteiger partial charge in [0, 0.05) is 5.56 Å². The van der Waals surface area contributed by atoms with Crippen LogP contribution in [-0.4, -0.2) is 42.4 Å². The smallest absolute Gasteiger partial charge is 0.512 e. The van der Waals surface area contributed by atoms with Gasteiger partial charge in [0.25, 0.3) is 5.91 Å². The Kier molecular flexibility index (Phi) is 5.84. The van der Waals surface area contributed by atoms with Crippen LogP contribution in [0.2, 0.25) is 0 Å². The Labute approximate surface area is 110 Å². The molecule has 102 valence electrons. The summed E-state index contributed by atoms with van der Waals surface area (Å²) in [6.45, 7) is 1.67. The fourth-order valence-corrected chi connectivity index (χ4v) is 1.30. The normalized spacial score (nSPS) is 9.63. The molecule has 1 rings (SSSR count). The fourth-order valence-electron chi connectivity index (χ4n) is 1.30. The van der Waals surface area contributed by atoms with Crippen molar-refractivity contribution >= 4 is 19.2 Å². The third kappa shape index (κ3) is 5.41. The summed E-state index contributed by atoms with van der Waals surface area (Å²) in [5.41, 5.74) is 0.224. The second kappa shape index (κ2) is 7.40. The van der Waals surface area contributed by atoms with Crippen molar-refractivity contribution in [3.05, 3.63) is 29.8 Å². The van der Waals surface area contributed by atoms with Gasteiger partial charge in [-0.3, -0.25) is 9.59 Å². The number of esters is 1. The molecule has 0 atom stereocenters. The highest BCUT2D eigenvalue weighted by Crippen LogP contribution is 2.13. The van der Waals surface area contributed by atoms with E-state index in [0.29, 0.717) is 0 Å². The molecule has 0 radical (unpaired) electrons. The van der Waals surface area contributed by atoms with Crippen LogP contribution < -0.4 is 9.97 Å². The summed E-state index contributed by atoms with van der Waals surface area (Å²) < 4.78 is 9.27. The molecule has 0 spiro atoms. The van der Waals surface area contributed by atoms with Gasteiger partial charge in [0.1, 0.15) is 12.3 Å². The minimum Gasteiger partial charge on any atom is -0.512 e. The van der Waals surface area contributed by atoms with Crippen LogP contribution in [-0.2, 0) is 9.53 Å². The highest BCUT2D eigenvalue weighted by atomic mass is 16.6. The van der Waals surface area contributed by atoms with Crippen molar-refractivity contribution in [2.75, 3.05) is 13.2 Å². The summed E-state index contributed by atoms with van der Waals surface area (Å²) in [5.74, 6) is -0.904. The molecule has 0 aromatic heterocycles. The van der Waals surface area contributed by atoms with Crippen LogP contribution in [0.4, 0.5) is 0 Å². The van der Waals surface area contributed by atoms with Crippen LogP contribution in [0.1, 0.15) is 17.3 Å². The van der Waals surface area contributed by atoms with Crippen molar-refractivity contribution < 1.29 is 29.0 Å². The number of ether oxygens (including phenoxy) is 1. The average molecular weight is 267 g/mol. The highest BCUT2D eigenvalue weighted by molar-refractivity contribution is 6.33. The maximum absolute atomic E-state index is 11.7. The van der Waals surface area contributed by atoms with Crippen LogP contribution in [0.5, 0.6) is 5.75 Å². The van der Waals surface area contributed by atoms with Crippen molar-refractivity contribution in [2.24, 2.45) is 0 Å². The SMILES string of the molecule is CCOC(=O)CNC(=O)c1cccc(OB(O)O)c1. The number of carbonyl (C=O) groups is 2. The minimum atomic E-state index is -1.96. The number of carbonyl (C=O) groups excluding carboxylic acids is 2. The zero-order valence-electron chi connectivity index (χ0n) is 10.3. The first kappa shape index (κ1) is 15.0. The molecule has 0 bridgehead atoms. The summed E-state index contributed by atoms with van der Waals surface area (Å²) in [6, 6.07) is 5.79. The van der Waals surface area contributed by atoms with Crippen molar-refractivity contribution in [3.8, 4) is 5.75 Å². The Morgan fingerprint density at radius 2 is 2.11 bits per heavy atom. The van der Waals surface area contributed by atoms with E-state index in [2.05, 4.69) is 14.7 Å². The van der Waals surface area contributed by atoms with Gasteiger partial charge in [0.05, 0.1) is 6.61 Å². The van der Waals surface area contributed by atoms with E-state index in [1.165, 1.54) is 24.3 Å². The van der Waals surface area contributed by atoms with Gasteiger partial charge in [0.2, 0.25) is 0 Å². The topological polar surface area (TPSA) is 105 Å². The van der Waals surface area contributed by atoms with E-state index < -0.39 is 19.2 Å². The van der Waals surface area contributed by atoms with Crippen molar-refractivity contribution in [2.45, 2.75) is 6.92 Å². The quantitative estimate of drug-likeness (QED) is 0.466. The molecule has 0 aliphatic heterocycles. The second-order valence-electron chi connectivity index (χ2n) is 3.46. The molecule has 1 aromatic rings. The Morgan fingerprint density at radius 1 is 1.37 bits per heavy atom. The molecule has 8 heteroatoms. The largest absolute Gasteiger partial charge is 0.707 e. The van der Waals surface area contributed by atoms with Crippen LogP contribution in [0.15, 0.2) is 24.3 Å². The highest BCUT2D eigenvalue weighted by Gasteiger charge is 2.13. The van der Waals surface area contributed by atoms with E-state index in [4.69, 9.17) is 10.0 Å². The number of nitrogens with one attached hydrogen (secondary N) is 1. The molecule has 0 unspecified atom stereocenters. The minimum absolute atomic E-state index is 0.124. The van der Waals surface area contributed by atoms with Crippen LogP contribution >= 0.6 is 0 Å². The molecular weight excluding hydrogens is 253 g/mol. The number of amides is 1. The van der Waals surface area contributed by atoms with E-state index in [0.717, 1.165) is 0 Å². The number of hydrogen-bond donors (Lipinski definition) is 3. The Morgan fingerprint density at radius 3 is 2.74 bits per heavy atom. The lowest BCUT2D eigenvalue weighted by molar-refractivity contribution is -0.141. The maximum Gasteiger partial charge on any atom is 0.707 e. The van der Waals surface area contributed by atoms with Gasteiger partial charge in [-0.05, 0) is 25.1 Å². The van der Waals surface area contributed by atoms with Gasteiger partial charge in [-0.25, -0.2) is 0 Å². The van der Waals surface area contributed by atoms with Gasteiger partial charge < -0.3 is 24.8 Å². The first-order valence-electron chi connectivity index (χ1n) is 5.59. The average Bonchev–Trinajstić information content (AvgIpc) is 2.36. The number of rotatable bonds is 6. The van der Waals surface area contributed by atoms with E-state index in [9.17, 15) is 9.59 Å². The molecule has 0 aliphatic carbocycles. The van der Waals surface area contributed by atoms with E-state index in [1.807, 2.05) is 0 Å². The summed E-state index contributed by atoms with van der Waals surface area (Å²) in [7, 11) is -1.96. The summed E-state index contributed by atoms with van der Waals surface area (Å²) in [6.07, 6.45) is 0. The van der Waals surface area contributed by atoms with Gasteiger partial charge in [-0.2, -0.15) is 0 Å². The lowest BCUT2D eigenvalue weighted by Gasteiger charge is -2.07. The molecule has 0 saturated heterocycles. The summed E-state index contributed by atoms with van der Waals surface area (Å²) in [4.78, 5) is 22.8. The monoisotopic (exact) mass is 267 g/mol. The molecule has 3 N–H and O–H groups in total. The molecule has 19 heavy (non-hydrogen) atoms. The van der Waals surface area contributed by atoms with Gasteiger partial charge in [0.15, 0.2) is 0 Å². The predicted octanol–water partition coefficient (Wildman–Crippen LogP) is -0.672. The lowest BCUT2D eigenvalue weighted by Crippen LogP contribution is -2.30. The zero-order valence-corrected chi connectivity index (χ0v) is 10.3. The molecule has 1 aromatic carbocycles. The third-order valence-corrected chi connectivity index (χ3v) is 2.04. The second-order valence-corrected chi connectivity index (χ2v) is 3.46. The van der Waals surface area contributed by atoms with Gasteiger partial charge >= 0.3 is 13.3 Å². The summed E-state index contributed by atoms with van der Waals surface area (Å²) >= 11 is 0. The van der Waals surface area contributed by atoms with Crippen LogP contribution in [0.25, 0.3) is 0 Å². The first-order valence-corrected chi connectivity index (χ1v) is 5.59. The molecule has 0 heterocycles. The third-order valence-electron chi connectivity index (χ3n) is 2.04. The molecular formula is C11H14BNO6. The predicted molar refractivity (Wildman–Crippen MR) is 66.2 cm³/mol. The van der Waals surface area contributed by atoms with E-state index in [-0.39, 0.29) is 24.5 Å². The summed E-state index contributed by atoms with van der Waals surface area (Å²) in [5, 5.41) is 19.7. The molecule has 1 amide bonds. The molecule has 0 aliphatic rings. The van der Waals surface area contributed by atoms with Crippen molar-refractivity contribution in [1.82, 2.24) is 5.32 Å². The van der Waals surface area contributed by atoms with Crippen LogP contribution in [0.3, 0.4) is 0 Å². The van der Waals surface area contributed by atoms with E-state index >= 15 is 0 Å². The van der Waals surface area contributed by atoms with Crippen LogP contribution in [0, 0.1) is 0 Å². The van der Waals surface area contributed by atoms with Gasteiger partial charge in [-0.15, -0.1) is 0 Å². The Hall–Kier alpha value is -2.06. The standard InChI is InChI=1S/C11H14BNO6/c1-2-18-10(14)7-13-11(15)8-4-3-5-9(6-8)19-12(16)17/h3-6,16-17H,2,7H2,1H3,(H,13,15). The van der Waals surface area contributed by atoms with Crippen molar-refractivity contribution in [1.29, 1.82) is 0 Å². The lowest BCUT2D eigenvalue weighted by atomic mass is 10.2. The first-order chi connectivity index (χ1) is 9.02. The Bertz CT molecular complexity index is 451. The van der Waals surface area contributed by atoms with Gasteiger partial charge in [-0.1, -0.05) is 6.07 Å². The molecule has 0 saturated carbocycles. The number of benzene rings is 1. The Balaban J connectivity index is 2.59. The maximum atomic E-state index is 11.7. The zero-order chi connectivity index (χ0) is 14.3. The fraction of sp³-hybridized carbons (Fsp3) is 0.273. The van der Waals surface area contributed by atoms with Crippen molar-refractivity contribution in [3.63, 3.8) is 0 Å².